The molecule has 4 rings (SSSR count). The molecule has 0 atom stereocenters. The van der Waals surface area contributed by atoms with Gasteiger partial charge < -0.3 is 10.2 Å². The van der Waals surface area contributed by atoms with E-state index in [0.717, 1.165) is 36.2 Å². The van der Waals surface area contributed by atoms with Crippen LogP contribution in [0.5, 0.6) is 0 Å². The standard InChI is InChI=1S/C25H31N3O4S/c29-24-11-4-5-14-28(24)23-10-6-9-21(17-23)18-26-25(30)22-12-15-27(16-13-22)33(31,32)19-20-7-2-1-3-8-20/h1-3,6-10,17,22H,4-5,11-16,18-19H2,(H,26,30). The number of hydrogen-bond donors (Lipinski definition) is 1. The minimum absolute atomic E-state index is 0.0133. The normalized spacial score (nSPS) is 18.3. The topological polar surface area (TPSA) is 86.8 Å². The van der Waals surface area contributed by atoms with E-state index in [1.807, 2.05) is 59.5 Å². The van der Waals surface area contributed by atoms with Crippen LogP contribution in [0.25, 0.3) is 0 Å². The molecule has 8 heteroatoms. The van der Waals surface area contributed by atoms with Crippen molar-refractivity contribution in [1.29, 1.82) is 0 Å². The van der Waals surface area contributed by atoms with Crippen molar-refractivity contribution in [3.63, 3.8) is 0 Å². The van der Waals surface area contributed by atoms with Crippen molar-refractivity contribution < 1.29 is 18.0 Å². The average molecular weight is 470 g/mol. The minimum atomic E-state index is -3.39. The van der Waals surface area contributed by atoms with E-state index in [1.54, 1.807) is 0 Å². The predicted octanol–water partition coefficient (Wildman–Crippen LogP) is 3.06. The molecule has 0 aromatic heterocycles. The number of amides is 2. The summed E-state index contributed by atoms with van der Waals surface area (Å²) in [7, 11) is -3.39. The Morgan fingerprint density at radius 3 is 2.39 bits per heavy atom. The first kappa shape index (κ1) is 23.4. The van der Waals surface area contributed by atoms with Gasteiger partial charge in [-0.1, -0.05) is 42.5 Å². The predicted molar refractivity (Wildman–Crippen MR) is 128 cm³/mol. The number of nitrogens with zero attached hydrogens (tertiary/aromatic N) is 2. The Kier molecular flexibility index (Phi) is 7.45. The molecule has 2 heterocycles. The summed E-state index contributed by atoms with van der Waals surface area (Å²) in [6.07, 6.45) is 3.56. The molecule has 0 bridgehead atoms. The maximum atomic E-state index is 12.7. The van der Waals surface area contributed by atoms with Crippen LogP contribution in [0.4, 0.5) is 5.69 Å². The van der Waals surface area contributed by atoms with Crippen molar-refractivity contribution in [2.24, 2.45) is 5.92 Å². The summed E-state index contributed by atoms with van der Waals surface area (Å²) in [5.41, 5.74) is 2.59. The summed E-state index contributed by atoms with van der Waals surface area (Å²) in [5, 5.41) is 2.99. The molecule has 0 unspecified atom stereocenters. The van der Waals surface area contributed by atoms with Crippen molar-refractivity contribution in [3.05, 3.63) is 65.7 Å². The number of hydrogen-bond acceptors (Lipinski definition) is 4. The lowest BCUT2D eigenvalue weighted by molar-refractivity contribution is -0.126. The van der Waals surface area contributed by atoms with Gasteiger partial charge in [-0.3, -0.25) is 9.59 Å². The first-order chi connectivity index (χ1) is 15.9. The lowest BCUT2D eigenvalue weighted by atomic mass is 9.97. The van der Waals surface area contributed by atoms with Crippen molar-refractivity contribution in [1.82, 2.24) is 9.62 Å². The van der Waals surface area contributed by atoms with Crippen molar-refractivity contribution in [2.75, 3.05) is 24.5 Å². The van der Waals surface area contributed by atoms with Gasteiger partial charge in [-0.2, -0.15) is 0 Å². The van der Waals surface area contributed by atoms with Crippen LogP contribution >= 0.6 is 0 Å². The smallest absolute Gasteiger partial charge is 0.226 e. The maximum Gasteiger partial charge on any atom is 0.226 e. The van der Waals surface area contributed by atoms with E-state index in [4.69, 9.17) is 0 Å². The molecule has 1 N–H and O–H groups in total. The zero-order chi connectivity index (χ0) is 23.3. The summed E-state index contributed by atoms with van der Waals surface area (Å²) in [5.74, 6) is -0.105. The fraction of sp³-hybridized carbons (Fsp3) is 0.440. The molecular formula is C25H31N3O4S. The summed E-state index contributed by atoms with van der Waals surface area (Å²) in [6, 6.07) is 16.9. The fourth-order valence-corrected chi connectivity index (χ4v) is 6.08. The Hall–Kier alpha value is -2.71. The number of nitrogens with one attached hydrogen (secondary N) is 1. The first-order valence-electron chi connectivity index (χ1n) is 11.6. The van der Waals surface area contributed by atoms with Crippen molar-refractivity contribution in [2.45, 2.75) is 44.4 Å². The molecule has 2 aliphatic rings. The minimum Gasteiger partial charge on any atom is -0.352 e. The highest BCUT2D eigenvalue weighted by molar-refractivity contribution is 7.88. The maximum absolute atomic E-state index is 12.7. The van der Waals surface area contributed by atoms with E-state index in [0.29, 0.717) is 38.9 Å². The van der Waals surface area contributed by atoms with E-state index in [9.17, 15) is 18.0 Å². The molecule has 2 fully saturated rings. The number of carbonyl (C=O) groups excluding carboxylic acids is 2. The van der Waals surface area contributed by atoms with Crippen LogP contribution in [-0.2, 0) is 31.9 Å². The Bertz CT molecular complexity index is 1080. The van der Waals surface area contributed by atoms with Crippen molar-refractivity contribution >= 4 is 27.5 Å². The van der Waals surface area contributed by atoms with E-state index in [2.05, 4.69) is 5.32 Å². The van der Waals surface area contributed by atoms with Crippen LogP contribution < -0.4 is 10.2 Å². The van der Waals surface area contributed by atoms with E-state index >= 15 is 0 Å². The van der Waals surface area contributed by atoms with Crippen LogP contribution in [0.3, 0.4) is 0 Å². The highest BCUT2D eigenvalue weighted by atomic mass is 32.2. The quantitative estimate of drug-likeness (QED) is 0.675. The zero-order valence-corrected chi connectivity index (χ0v) is 19.6. The molecule has 2 aromatic rings. The first-order valence-corrected chi connectivity index (χ1v) is 13.2. The van der Waals surface area contributed by atoms with E-state index < -0.39 is 10.0 Å². The third kappa shape index (κ3) is 6.00. The SMILES string of the molecule is O=C(NCc1cccc(N2CCCCC2=O)c1)C1CCN(S(=O)(=O)Cc2ccccc2)CC1. The fourth-order valence-electron chi connectivity index (χ4n) is 4.52. The molecule has 0 spiro atoms. The van der Waals surface area contributed by atoms with Crippen molar-refractivity contribution in [3.8, 4) is 0 Å². The molecule has 0 saturated carbocycles. The van der Waals surface area contributed by atoms with Crippen LogP contribution in [0.1, 0.15) is 43.2 Å². The lowest BCUT2D eigenvalue weighted by Crippen LogP contribution is -2.43. The zero-order valence-electron chi connectivity index (χ0n) is 18.8. The Morgan fingerprint density at radius 1 is 0.939 bits per heavy atom. The summed E-state index contributed by atoms with van der Waals surface area (Å²) < 4.78 is 27.0. The molecule has 2 saturated heterocycles. The number of anilines is 1. The van der Waals surface area contributed by atoms with Crippen LogP contribution in [0.2, 0.25) is 0 Å². The van der Waals surface area contributed by atoms with Gasteiger partial charge >= 0.3 is 0 Å². The molecule has 176 valence electrons. The van der Waals surface area contributed by atoms with Gasteiger partial charge in [-0.15, -0.1) is 0 Å². The van der Waals surface area contributed by atoms with E-state index in [-0.39, 0.29) is 23.5 Å². The van der Waals surface area contributed by atoms with Gasteiger partial charge in [-0.05, 0) is 48.9 Å². The summed E-state index contributed by atoms with van der Waals surface area (Å²) in [4.78, 5) is 26.7. The third-order valence-corrected chi connectivity index (χ3v) is 8.27. The molecular weight excluding hydrogens is 438 g/mol. The molecule has 2 aliphatic heterocycles. The monoisotopic (exact) mass is 469 g/mol. The Balaban J connectivity index is 1.27. The third-order valence-electron chi connectivity index (χ3n) is 6.42. The highest BCUT2D eigenvalue weighted by Crippen LogP contribution is 2.24. The second-order valence-electron chi connectivity index (χ2n) is 8.81. The number of benzene rings is 2. The van der Waals surface area contributed by atoms with Gasteiger partial charge in [0.25, 0.3) is 0 Å². The Labute approximate surface area is 195 Å². The molecule has 0 aliphatic carbocycles. The second-order valence-corrected chi connectivity index (χ2v) is 10.8. The van der Waals surface area contributed by atoms with Crippen LogP contribution in [0.15, 0.2) is 54.6 Å². The molecule has 0 radical (unpaired) electrons. The summed E-state index contributed by atoms with van der Waals surface area (Å²) in [6.45, 7) is 1.85. The Morgan fingerprint density at radius 2 is 1.67 bits per heavy atom. The average Bonchev–Trinajstić information content (AvgIpc) is 2.83. The van der Waals surface area contributed by atoms with Gasteiger partial charge in [0, 0.05) is 44.2 Å². The number of carbonyl (C=O) groups is 2. The molecule has 33 heavy (non-hydrogen) atoms. The van der Waals surface area contributed by atoms with E-state index in [1.165, 1.54) is 4.31 Å². The number of piperidine rings is 2. The van der Waals surface area contributed by atoms with Crippen LogP contribution in [-0.4, -0.2) is 44.2 Å². The van der Waals surface area contributed by atoms with Gasteiger partial charge in [0.2, 0.25) is 21.8 Å². The largest absolute Gasteiger partial charge is 0.352 e. The molecule has 2 aromatic carbocycles. The second kappa shape index (κ2) is 10.5. The highest BCUT2D eigenvalue weighted by Gasteiger charge is 2.31. The molecule has 2 amide bonds. The van der Waals surface area contributed by atoms with Gasteiger partial charge in [0.05, 0.1) is 5.75 Å². The molecule has 7 nitrogen and oxygen atoms in total. The summed E-state index contributed by atoms with van der Waals surface area (Å²) >= 11 is 0. The number of sulfonamides is 1. The lowest BCUT2D eigenvalue weighted by Gasteiger charge is -2.30. The van der Waals surface area contributed by atoms with Gasteiger partial charge in [0.1, 0.15) is 0 Å². The van der Waals surface area contributed by atoms with Gasteiger partial charge in [-0.25, -0.2) is 12.7 Å². The van der Waals surface area contributed by atoms with Gasteiger partial charge in [0.15, 0.2) is 0 Å². The number of rotatable bonds is 7. The van der Waals surface area contributed by atoms with Crippen LogP contribution in [0, 0.1) is 5.92 Å².